The fraction of sp³-hybridized carbons (Fsp3) is 0.889. The van der Waals surface area contributed by atoms with E-state index in [1.807, 2.05) is 0 Å². The summed E-state index contributed by atoms with van der Waals surface area (Å²) in [6.45, 7) is 0. The molecule has 68 valence electrons. The second-order valence-corrected chi connectivity index (χ2v) is 3.85. The van der Waals surface area contributed by atoms with Gasteiger partial charge in [-0.3, -0.25) is 4.79 Å². The molecule has 3 nitrogen and oxygen atoms in total. The zero-order valence-corrected chi connectivity index (χ0v) is 7.19. The van der Waals surface area contributed by atoms with Gasteiger partial charge in [-0.25, -0.2) is 0 Å². The largest absolute Gasteiger partial charge is 0.469 e. The molecule has 2 fully saturated rings. The van der Waals surface area contributed by atoms with Gasteiger partial charge in [0.25, 0.3) is 0 Å². The zero-order valence-electron chi connectivity index (χ0n) is 7.19. The van der Waals surface area contributed by atoms with E-state index in [0.29, 0.717) is 5.92 Å². The minimum Gasteiger partial charge on any atom is -0.469 e. The zero-order chi connectivity index (χ0) is 8.72. The van der Waals surface area contributed by atoms with E-state index in [2.05, 4.69) is 0 Å². The first-order valence-electron chi connectivity index (χ1n) is 4.50. The normalized spacial score (nSPS) is 44.8. The number of rotatable bonds is 1. The van der Waals surface area contributed by atoms with Crippen molar-refractivity contribution < 1.29 is 14.6 Å². The van der Waals surface area contributed by atoms with E-state index in [4.69, 9.17) is 4.74 Å². The summed E-state index contributed by atoms with van der Waals surface area (Å²) in [5.74, 6) is 0.434. The summed E-state index contributed by atoms with van der Waals surface area (Å²) in [6, 6.07) is 0. The molecule has 4 atom stereocenters. The van der Waals surface area contributed by atoms with Crippen molar-refractivity contribution in [2.75, 3.05) is 7.11 Å². The third kappa shape index (κ3) is 0.959. The summed E-state index contributed by atoms with van der Waals surface area (Å²) in [4.78, 5) is 11.3. The van der Waals surface area contributed by atoms with Gasteiger partial charge in [-0.1, -0.05) is 0 Å². The number of ether oxygens (including phenoxy) is 1. The first-order valence-corrected chi connectivity index (χ1v) is 4.50. The second-order valence-electron chi connectivity index (χ2n) is 3.85. The van der Waals surface area contributed by atoms with Crippen molar-refractivity contribution in [2.45, 2.75) is 25.4 Å². The maximum Gasteiger partial charge on any atom is 0.309 e. The van der Waals surface area contributed by atoms with E-state index in [9.17, 15) is 9.90 Å². The summed E-state index contributed by atoms with van der Waals surface area (Å²) < 4.78 is 4.71. The van der Waals surface area contributed by atoms with Crippen LogP contribution < -0.4 is 0 Å². The minimum absolute atomic E-state index is 0.00926. The number of fused-ring (bicyclic) bond motifs is 2. The van der Waals surface area contributed by atoms with Crippen LogP contribution in [0.1, 0.15) is 19.3 Å². The van der Waals surface area contributed by atoms with Gasteiger partial charge in [0.05, 0.1) is 19.1 Å². The van der Waals surface area contributed by atoms with Gasteiger partial charge >= 0.3 is 5.97 Å². The molecule has 0 spiro atoms. The Kier molecular flexibility index (Phi) is 1.83. The highest BCUT2D eigenvalue weighted by molar-refractivity contribution is 5.74. The number of methoxy groups -OCH3 is 1. The Morgan fingerprint density at radius 2 is 2.25 bits per heavy atom. The van der Waals surface area contributed by atoms with Crippen LogP contribution in [0.4, 0.5) is 0 Å². The van der Waals surface area contributed by atoms with E-state index in [0.717, 1.165) is 19.3 Å². The molecular formula is C9H14O3. The first-order chi connectivity index (χ1) is 5.74. The summed E-state index contributed by atoms with van der Waals surface area (Å²) in [5.41, 5.74) is 0. The molecule has 0 saturated heterocycles. The van der Waals surface area contributed by atoms with Crippen molar-refractivity contribution in [2.24, 2.45) is 17.8 Å². The highest BCUT2D eigenvalue weighted by Crippen LogP contribution is 2.49. The van der Waals surface area contributed by atoms with Crippen LogP contribution in [0.5, 0.6) is 0 Å². The van der Waals surface area contributed by atoms with E-state index in [1.165, 1.54) is 7.11 Å². The Balaban J connectivity index is 2.13. The van der Waals surface area contributed by atoms with Crippen LogP contribution >= 0.6 is 0 Å². The lowest BCUT2D eigenvalue weighted by Crippen LogP contribution is -2.23. The van der Waals surface area contributed by atoms with Gasteiger partial charge < -0.3 is 9.84 Å². The number of aliphatic hydroxyl groups is 1. The third-order valence-corrected chi connectivity index (χ3v) is 3.35. The van der Waals surface area contributed by atoms with Crippen LogP contribution in [0, 0.1) is 17.8 Å². The topological polar surface area (TPSA) is 46.5 Å². The average molecular weight is 170 g/mol. The minimum atomic E-state index is -0.257. The molecule has 12 heavy (non-hydrogen) atoms. The van der Waals surface area contributed by atoms with Gasteiger partial charge in [-0.15, -0.1) is 0 Å². The Morgan fingerprint density at radius 1 is 1.50 bits per heavy atom. The molecule has 3 heteroatoms. The Morgan fingerprint density at radius 3 is 2.67 bits per heavy atom. The van der Waals surface area contributed by atoms with Crippen LogP contribution in [-0.4, -0.2) is 24.3 Å². The van der Waals surface area contributed by atoms with Crippen molar-refractivity contribution in [3.63, 3.8) is 0 Å². The highest BCUT2D eigenvalue weighted by atomic mass is 16.5. The number of aliphatic hydroxyl groups excluding tert-OH is 1. The molecule has 1 N–H and O–H groups in total. The smallest absolute Gasteiger partial charge is 0.309 e. The van der Waals surface area contributed by atoms with Crippen molar-refractivity contribution in [3.05, 3.63) is 0 Å². The van der Waals surface area contributed by atoms with Gasteiger partial charge in [0.2, 0.25) is 0 Å². The fourth-order valence-corrected chi connectivity index (χ4v) is 2.80. The van der Waals surface area contributed by atoms with Crippen molar-refractivity contribution in [1.29, 1.82) is 0 Å². The van der Waals surface area contributed by atoms with Gasteiger partial charge in [-0.05, 0) is 31.1 Å². The predicted octanol–water partition coefficient (Wildman–Crippen LogP) is 0.566. The summed E-state index contributed by atoms with van der Waals surface area (Å²) in [5, 5.41) is 9.53. The molecule has 0 aromatic heterocycles. The predicted molar refractivity (Wildman–Crippen MR) is 42.3 cm³/mol. The number of carbonyl (C=O) groups excluding carboxylic acids is 1. The van der Waals surface area contributed by atoms with Gasteiger partial charge in [0.15, 0.2) is 0 Å². The van der Waals surface area contributed by atoms with E-state index >= 15 is 0 Å². The maximum atomic E-state index is 11.3. The Labute approximate surface area is 71.7 Å². The van der Waals surface area contributed by atoms with Crippen LogP contribution in [0.25, 0.3) is 0 Å². The molecule has 0 unspecified atom stereocenters. The molecule has 0 radical (unpaired) electrons. The average Bonchev–Trinajstić information content (AvgIpc) is 2.59. The van der Waals surface area contributed by atoms with Gasteiger partial charge in [-0.2, -0.15) is 0 Å². The van der Waals surface area contributed by atoms with Crippen molar-refractivity contribution >= 4 is 5.97 Å². The molecule has 0 aliphatic heterocycles. The van der Waals surface area contributed by atoms with E-state index in [1.54, 1.807) is 0 Å². The molecule has 2 aliphatic rings. The summed E-state index contributed by atoms with van der Waals surface area (Å²) >= 11 is 0. The lowest BCUT2D eigenvalue weighted by molar-refractivity contribution is -0.147. The number of hydrogen-bond donors (Lipinski definition) is 1. The highest BCUT2D eigenvalue weighted by Gasteiger charge is 2.51. The molecule has 2 rings (SSSR count). The third-order valence-electron chi connectivity index (χ3n) is 3.35. The lowest BCUT2D eigenvalue weighted by atomic mass is 9.97. The molecule has 2 bridgehead atoms. The van der Waals surface area contributed by atoms with Crippen molar-refractivity contribution in [1.82, 2.24) is 0 Å². The fourth-order valence-electron chi connectivity index (χ4n) is 2.80. The number of hydrogen-bond acceptors (Lipinski definition) is 3. The molecular weight excluding hydrogens is 156 g/mol. The Bertz CT molecular complexity index is 202. The Hall–Kier alpha value is -0.570. The van der Waals surface area contributed by atoms with Crippen LogP contribution in [0.15, 0.2) is 0 Å². The van der Waals surface area contributed by atoms with Gasteiger partial charge in [0, 0.05) is 0 Å². The quantitative estimate of drug-likeness (QED) is 0.585. The summed E-state index contributed by atoms with van der Waals surface area (Å²) in [7, 11) is 1.42. The number of esters is 1. The lowest BCUT2D eigenvalue weighted by Gasteiger charge is -2.15. The van der Waals surface area contributed by atoms with Crippen LogP contribution in [-0.2, 0) is 9.53 Å². The standard InChI is InChI=1S/C9H14O3/c1-12-9(11)8-5-2-3-6(8)7(10)4-5/h5-8,10H,2-4H2,1H3/t5-,6-,7+,8+/m1/s1. The van der Waals surface area contributed by atoms with E-state index in [-0.39, 0.29) is 23.9 Å². The monoisotopic (exact) mass is 170 g/mol. The second kappa shape index (κ2) is 2.73. The van der Waals surface area contributed by atoms with E-state index < -0.39 is 0 Å². The molecule has 2 saturated carbocycles. The first kappa shape index (κ1) is 8.05. The van der Waals surface area contributed by atoms with Crippen molar-refractivity contribution in [3.8, 4) is 0 Å². The number of carbonyl (C=O) groups is 1. The molecule has 0 aromatic carbocycles. The molecule has 2 aliphatic carbocycles. The van der Waals surface area contributed by atoms with Crippen LogP contribution in [0.2, 0.25) is 0 Å². The SMILES string of the molecule is COC(=O)[C@H]1[C@@H]2CC[C@@H]1[C@@H](O)C2. The molecule has 0 aromatic rings. The molecule has 0 heterocycles. The van der Waals surface area contributed by atoms with Gasteiger partial charge in [0.1, 0.15) is 0 Å². The molecule has 0 amide bonds. The van der Waals surface area contributed by atoms with Crippen LogP contribution in [0.3, 0.4) is 0 Å². The summed E-state index contributed by atoms with van der Waals surface area (Å²) in [6.07, 6.45) is 2.62. The maximum absolute atomic E-state index is 11.3.